The van der Waals surface area contributed by atoms with Gasteiger partial charge in [-0.25, -0.2) is 0 Å². The molecule has 0 atom stereocenters. The molecule has 111 heavy (non-hydrogen) atoms. The summed E-state index contributed by atoms with van der Waals surface area (Å²) in [6.07, 6.45) is 0. The molecule has 2 aliphatic heterocycles. The highest BCUT2D eigenvalue weighted by atomic mass is 15.2. The minimum atomic E-state index is -0.575. The van der Waals surface area contributed by atoms with Crippen LogP contribution in [0, 0.1) is 0 Å². The van der Waals surface area contributed by atoms with Gasteiger partial charge in [-0.1, -0.05) is 348 Å². The summed E-state index contributed by atoms with van der Waals surface area (Å²) in [4.78, 5) is 5.44. The second-order valence-electron chi connectivity index (χ2n) is 31.3. The van der Waals surface area contributed by atoms with Crippen LogP contribution >= 0.6 is 0 Å². The predicted octanol–water partition coefficient (Wildman–Crippen LogP) is 26.2. The quantitative estimate of drug-likeness (QED) is 0.126. The van der Waals surface area contributed by atoms with Gasteiger partial charge in [0.1, 0.15) is 0 Å². The molecule has 22 rings (SSSR count). The lowest BCUT2D eigenvalue weighted by Crippen LogP contribution is -2.61. The van der Waals surface area contributed by atoms with Gasteiger partial charge in [-0.15, -0.1) is 0 Å². The summed E-state index contributed by atoms with van der Waals surface area (Å²) in [5.74, 6) is 0. The third kappa shape index (κ3) is 9.80. The number of para-hydroxylation sites is 1. The monoisotopic (exact) mass is 1410 g/mol. The molecule has 0 fully saturated rings. The normalized spacial score (nSPS) is 13.2. The fourth-order valence-electron chi connectivity index (χ4n) is 19.5. The average molecular weight is 1410 g/mol. The van der Waals surface area contributed by atoms with Gasteiger partial charge >= 0.3 is 0 Å². The third-order valence-corrected chi connectivity index (χ3v) is 24.3. The first kappa shape index (κ1) is 64.4. The summed E-state index contributed by atoms with van der Waals surface area (Å²) in [5.41, 5.74) is 40.7. The number of anilines is 6. The van der Waals surface area contributed by atoms with Gasteiger partial charge in [0, 0.05) is 61.5 Å². The number of nitrogens with zero attached hydrogens (tertiary/aromatic N) is 3. The number of fused-ring (bicyclic) bond motifs is 18. The van der Waals surface area contributed by atoms with Gasteiger partial charge < -0.3 is 14.4 Å². The predicted molar refractivity (Wildman–Crippen MR) is 468 cm³/mol. The van der Waals surface area contributed by atoms with Crippen molar-refractivity contribution in [1.82, 2.24) is 4.57 Å². The van der Waals surface area contributed by atoms with Crippen LogP contribution in [0.2, 0.25) is 0 Å². The topological polar surface area (TPSA) is 11.4 Å². The summed E-state index contributed by atoms with van der Waals surface area (Å²) in [6, 6.07) is 149. The van der Waals surface area contributed by atoms with E-state index in [4.69, 9.17) is 0 Å². The molecule has 1 aromatic heterocycles. The van der Waals surface area contributed by atoms with Crippen molar-refractivity contribution in [2.75, 3.05) is 9.80 Å². The van der Waals surface area contributed by atoms with Gasteiger partial charge in [-0.05, 0) is 194 Å². The highest BCUT2D eigenvalue weighted by Gasteiger charge is 2.53. The van der Waals surface area contributed by atoms with Gasteiger partial charge in [0.2, 0.25) is 0 Å². The van der Waals surface area contributed by atoms with Crippen LogP contribution in [-0.2, 0) is 10.8 Å². The molecule has 2 aliphatic carbocycles. The zero-order valence-electron chi connectivity index (χ0n) is 61.9. The highest BCUT2D eigenvalue weighted by Crippen LogP contribution is 2.65. The van der Waals surface area contributed by atoms with Crippen molar-refractivity contribution < 1.29 is 0 Å². The Bertz CT molecular complexity index is 6600. The van der Waals surface area contributed by atoms with Crippen molar-refractivity contribution in [3.63, 3.8) is 0 Å². The van der Waals surface area contributed by atoms with E-state index < -0.39 is 5.41 Å². The summed E-state index contributed by atoms with van der Waals surface area (Å²) in [7, 11) is 0. The molecule has 0 amide bonds. The third-order valence-electron chi connectivity index (χ3n) is 24.3. The number of hydrogen-bond donors (Lipinski definition) is 0. The molecule has 1 spiro atoms. The Balaban J connectivity index is 0.896. The second kappa shape index (κ2) is 25.1. The maximum atomic E-state index is 2.74. The molecule has 18 aromatic rings. The second-order valence-corrected chi connectivity index (χ2v) is 31.3. The first-order valence-corrected chi connectivity index (χ1v) is 38.9. The Labute approximate surface area is 648 Å². The highest BCUT2D eigenvalue weighted by molar-refractivity contribution is 7.00. The van der Waals surface area contributed by atoms with Crippen molar-refractivity contribution in [2.24, 2.45) is 0 Å². The van der Waals surface area contributed by atoms with Gasteiger partial charge in [-0.3, -0.25) is 0 Å². The van der Waals surface area contributed by atoms with E-state index in [0.717, 1.165) is 118 Å². The van der Waals surface area contributed by atoms with E-state index in [1.54, 1.807) is 0 Å². The fourth-order valence-corrected chi connectivity index (χ4v) is 19.5. The van der Waals surface area contributed by atoms with Gasteiger partial charge in [0.25, 0.3) is 6.71 Å². The van der Waals surface area contributed by atoms with E-state index in [1.165, 1.54) is 88.3 Å². The molecular formula is C107H74BN3. The van der Waals surface area contributed by atoms with Crippen LogP contribution in [-0.4, -0.2) is 11.3 Å². The van der Waals surface area contributed by atoms with Crippen LogP contribution < -0.4 is 26.2 Å². The van der Waals surface area contributed by atoms with Crippen LogP contribution in [0.25, 0.3) is 128 Å². The van der Waals surface area contributed by atoms with E-state index in [2.05, 4.69) is 429 Å². The van der Waals surface area contributed by atoms with Crippen LogP contribution in [0.15, 0.2) is 394 Å². The Morgan fingerprint density at radius 2 is 0.658 bits per heavy atom. The van der Waals surface area contributed by atoms with Crippen molar-refractivity contribution in [2.45, 2.75) is 31.6 Å². The number of benzene rings is 17. The lowest BCUT2D eigenvalue weighted by atomic mass is 9.33. The maximum Gasteiger partial charge on any atom is 0.252 e. The molecule has 3 heterocycles. The lowest BCUT2D eigenvalue weighted by molar-refractivity contribution is 0.590. The van der Waals surface area contributed by atoms with E-state index in [-0.39, 0.29) is 12.1 Å². The van der Waals surface area contributed by atoms with Gasteiger partial charge in [-0.2, -0.15) is 0 Å². The minimum absolute atomic E-state index is 0.269. The van der Waals surface area contributed by atoms with Crippen LogP contribution in [0.1, 0.15) is 48.6 Å². The average Bonchev–Trinajstić information content (AvgIpc) is 1.54. The lowest BCUT2D eigenvalue weighted by Gasteiger charge is -2.46. The van der Waals surface area contributed by atoms with Crippen molar-refractivity contribution in [3.8, 4) is 106 Å². The summed E-state index contributed by atoms with van der Waals surface area (Å²) in [6.45, 7) is 6.92. The van der Waals surface area contributed by atoms with Crippen molar-refractivity contribution in [1.29, 1.82) is 0 Å². The number of rotatable bonds is 10. The Morgan fingerprint density at radius 3 is 1.12 bits per heavy atom. The zero-order chi connectivity index (χ0) is 73.6. The van der Waals surface area contributed by atoms with E-state index in [1.807, 2.05) is 0 Å². The minimum Gasteiger partial charge on any atom is -0.310 e. The van der Waals surface area contributed by atoms with Crippen molar-refractivity contribution in [3.05, 3.63) is 422 Å². The molecular weight excluding hydrogens is 1340 g/mol. The molecule has 4 heteroatoms. The molecule has 4 aliphatic rings. The van der Waals surface area contributed by atoms with Gasteiger partial charge in [0.15, 0.2) is 0 Å². The molecule has 3 nitrogen and oxygen atoms in total. The molecule has 0 saturated heterocycles. The van der Waals surface area contributed by atoms with E-state index in [9.17, 15) is 0 Å². The SMILES string of the molecule is CC(C)(C)c1cc2c3c(c1)N(c1c(-c4ccccc4)cc(-c4ccccc4)cc1-c1ccccc1)c1cc(-n4c5ccccc5c5c6c(ccc54)-c4ccccc4C64c5ccccc5-c5ccccc54)ccc1B3c1cc(-c3ccccc3)ccc1N2c1c(-c2ccccc2)cc(-c2ccccc2)cc1-c1ccccc1. The number of aromatic nitrogens is 1. The number of hydrogen-bond acceptors (Lipinski definition) is 2. The molecule has 0 bridgehead atoms. The van der Waals surface area contributed by atoms with Gasteiger partial charge in [0.05, 0.1) is 27.8 Å². The summed E-state index contributed by atoms with van der Waals surface area (Å²) >= 11 is 0. The molecule has 0 radical (unpaired) electrons. The molecule has 0 unspecified atom stereocenters. The van der Waals surface area contributed by atoms with Crippen molar-refractivity contribution >= 4 is 79.0 Å². The smallest absolute Gasteiger partial charge is 0.252 e. The standard InChI is InChI=1S/C107H74BN3/c1-106(2,3)79-66-99-103-100(67-79)111(105-88(74-43-21-9-22-44-74)63-78(71-37-15-6-16-38-71)64-89(105)75-45-23-10-24-46-75)98-68-80(109-95-54-32-28-50-85(95)101-97(109)60-57-84-83-49-27-31-53-92(83)107(102(84)101)90-51-29-25-47-81(90)82-48-26-30-52-91(82)107)56-58-93(98)108(103)94-65-76(69-33-11-4-12-34-69)55-59-96(94)110(99)104-86(72-39-17-7-18-40-72)61-77(70-35-13-5-14-36-70)62-87(104)73-41-19-8-20-42-73/h4-68H,1-3H3. The largest absolute Gasteiger partial charge is 0.310 e. The molecule has 520 valence electrons. The first-order chi connectivity index (χ1) is 54.7. The Morgan fingerprint density at radius 1 is 0.261 bits per heavy atom. The molecule has 17 aromatic carbocycles. The van der Waals surface area contributed by atoms with Crippen LogP contribution in [0.5, 0.6) is 0 Å². The summed E-state index contributed by atoms with van der Waals surface area (Å²) < 4.78 is 2.60. The Hall–Kier alpha value is -13.8. The fraction of sp³-hybridized carbons (Fsp3) is 0.0467. The first-order valence-electron chi connectivity index (χ1n) is 38.9. The maximum absolute atomic E-state index is 2.74. The Kier molecular flexibility index (Phi) is 14.6. The van der Waals surface area contributed by atoms with E-state index in [0.29, 0.717) is 0 Å². The molecule has 0 saturated carbocycles. The summed E-state index contributed by atoms with van der Waals surface area (Å²) in [5, 5.41) is 2.50. The zero-order valence-corrected chi connectivity index (χ0v) is 61.9. The molecule has 0 N–H and O–H groups in total. The van der Waals surface area contributed by atoms with Crippen LogP contribution in [0.4, 0.5) is 34.1 Å². The van der Waals surface area contributed by atoms with Crippen LogP contribution in [0.3, 0.4) is 0 Å². The van der Waals surface area contributed by atoms with E-state index >= 15 is 0 Å².